The number of benzene rings is 1. The molecule has 3 aromatic heterocycles. The van der Waals surface area contributed by atoms with E-state index in [0.717, 1.165) is 23.5 Å². The van der Waals surface area contributed by atoms with Gasteiger partial charge in [0.25, 0.3) is 0 Å². The standard InChI is InChI=1S/C21H17F2N5O2S2/c1-3-7-28-19(14-6-8-30-12(14)2)26-27-21(28)32-11-18(29)25-20-24-17(10-31-20)13-4-5-15(22)16(23)9-13/h3-6,8-10H,1,7,11H2,2H3,(H,24,25,29). The number of anilines is 1. The lowest BCUT2D eigenvalue weighted by Crippen LogP contribution is -2.14. The van der Waals surface area contributed by atoms with Gasteiger partial charge in [-0.25, -0.2) is 13.8 Å². The first-order valence-electron chi connectivity index (χ1n) is 9.38. The molecule has 0 unspecified atom stereocenters. The van der Waals surface area contributed by atoms with Gasteiger partial charge in [0.15, 0.2) is 27.7 Å². The molecule has 3 heterocycles. The number of allylic oxidation sites excluding steroid dienone is 1. The number of hydrogen-bond acceptors (Lipinski definition) is 7. The van der Waals surface area contributed by atoms with Crippen LogP contribution >= 0.6 is 23.1 Å². The highest BCUT2D eigenvalue weighted by atomic mass is 32.2. The summed E-state index contributed by atoms with van der Waals surface area (Å²) < 4.78 is 33.8. The van der Waals surface area contributed by atoms with E-state index in [0.29, 0.717) is 33.9 Å². The van der Waals surface area contributed by atoms with Gasteiger partial charge in [-0.2, -0.15) is 0 Å². The Balaban J connectivity index is 1.42. The zero-order chi connectivity index (χ0) is 22.7. The van der Waals surface area contributed by atoms with Crippen molar-refractivity contribution >= 4 is 34.1 Å². The lowest BCUT2D eigenvalue weighted by atomic mass is 10.2. The maximum Gasteiger partial charge on any atom is 0.236 e. The van der Waals surface area contributed by atoms with Crippen LogP contribution in [0.3, 0.4) is 0 Å². The van der Waals surface area contributed by atoms with E-state index in [4.69, 9.17) is 4.42 Å². The van der Waals surface area contributed by atoms with E-state index in [-0.39, 0.29) is 11.7 Å². The van der Waals surface area contributed by atoms with E-state index >= 15 is 0 Å². The van der Waals surface area contributed by atoms with Crippen LogP contribution in [0.25, 0.3) is 22.6 Å². The van der Waals surface area contributed by atoms with Crippen LogP contribution in [-0.4, -0.2) is 31.4 Å². The molecule has 0 spiro atoms. The first-order valence-corrected chi connectivity index (χ1v) is 11.2. The van der Waals surface area contributed by atoms with Gasteiger partial charge < -0.3 is 9.73 Å². The molecule has 0 aliphatic carbocycles. The molecule has 11 heteroatoms. The molecule has 0 atom stereocenters. The van der Waals surface area contributed by atoms with Gasteiger partial charge in [0, 0.05) is 17.5 Å². The molecular weight excluding hydrogens is 456 g/mol. The molecule has 1 N–H and O–H groups in total. The Bertz CT molecular complexity index is 1280. The molecule has 0 aliphatic rings. The average molecular weight is 474 g/mol. The number of hydrogen-bond donors (Lipinski definition) is 1. The monoisotopic (exact) mass is 473 g/mol. The van der Waals surface area contributed by atoms with E-state index in [2.05, 4.69) is 27.1 Å². The summed E-state index contributed by atoms with van der Waals surface area (Å²) in [7, 11) is 0. The van der Waals surface area contributed by atoms with E-state index in [9.17, 15) is 13.6 Å². The van der Waals surface area contributed by atoms with Crippen LogP contribution in [0.4, 0.5) is 13.9 Å². The number of nitrogens with zero attached hydrogens (tertiary/aromatic N) is 4. The normalized spacial score (nSPS) is 11.0. The highest BCUT2D eigenvalue weighted by Gasteiger charge is 2.18. The lowest BCUT2D eigenvalue weighted by Gasteiger charge is -2.07. The predicted molar refractivity (Wildman–Crippen MR) is 119 cm³/mol. The maximum absolute atomic E-state index is 13.4. The Kier molecular flexibility index (Phi) is 6.47. The molecule has 0 saturated carbocycles. The van der Waals surface area contributed by atoms with Gasteiger partial charge >= 0.3 is 0 Å². The van der Waals surface area contributed by atoms with Gasteiger partial charge in [-0.1, -0.05) is 17.8 Å². The largest absolute Gasteiger partial charge is 0.469 e. The van der Waals surface area contributed by atoms with Crippen LogP contribution in [0.1, 0.15) is 5.76 Å². The molecule has 1 amide bonds. The molecule has 1 aromatic carbocycles. The van der Waals surface area contributed by atoms with Crippen molar-refractivity contribution in [1.82, 2.24) is 19.7 Å². The Morgan fingerprint density at radius 3 is 2.88 bits per heavy atom. The lowest BCUT2D eigenvalue weighted by molar-refractivity contribution is -0.113. The minimum Gasteiger partial charge on any atom is -0.469 e. The van der Waals surface area contributed by atoms with Crippen LogP contribution in [0.15, 0.2) is 58.1 Å². The maximum atomic E-state index is 13.4. The number of furan rings is 1. The van der Waals surface area contributed by atoms with Crippen molar-refractivity contribution in [2.24, 2.45) is 0 Å². The van der Waals surface area contributed by atoms with Crippen molar-refractivity contribution in [2.45, 2.75) is 18.6 Å². The predicted octanol–water partition coefficient (Wildman–Crippen LogP) is 5.17. The van der Waals surface area contributed by atoms with Crippen molar-refractivity contribution in [3.05, 3.63) is 66.0 Å². The summed E-state index contributed by atoms with van der Waals surface area (Å²) in [5.41, 5.74) is 1.69. The molecule has 0 radical (unpaired) electrons. The fourth-order valence-electron chi connectivity index (χ4n) is 2.91. The van der Waals surface area contributed by atoms with Gasteiger partial charge in [-0.3, -0.25) is 9.36 Å². The Hall–Kier alpha value is -3.31. The number of thiazole rings is 1. The molecule has 4 rings (SSSR count). The van der Waals surface area contributed by atoms with Gasteiger partial charge in [0.05, 0.1) is 23.3 Å². The second-order valence-electron chi connectivity index (χ2n) is 6.60. The number of carbonyl (C=O) groups excluding carboxylic acids is 1. The quantitative estimate of drug-likeness (QED) is 0.281. The SMILES string of the molecule is C=CCn1c(SCC(=O)Nc2nc(-c3ccc(F)c(F)c3)cs2)nnc1-c1ccoc1C. The third kappa shape index (κ3) is 4.63. The van der Waals surface area contributed by atoms with Crippen molar-refractivity contribution < 1.29 is 18.0 Å². The summed E-state index contributed by atoms with van der Waals surface area (Å²) in [5, 5.41) is 13.7. The van der Waals surface area contributed by atoms with Crippen LogP contribution in [-0.2, 0) is 11.3 Å². The molecule has 4 aromatic rings. The van der Waals surface area contributed by atoms with Gasteiger partial charge in [-0.05, 0) is 31.2 Å². The highest BCUT2D eigenvalue weighted by molar-refractivity contribution is 7.99. The zero-order valence-electron chi connectivity index (χ0n) is 16.8. The van der Waals surface area contributed by atoms with Crippen LogP contribution < -0.4 is 5.32 Å². The Morgan fingerprint density at radius 2 is 2.16 bits per heavy atom. The smallest absolute Gasteiger partial charge is 0.236 e. The first kappa shape index (κ1) is 21.9. The molecule has 0 bridgehead atoms. The molecule has 0 aliphatic heterocycles. The zero-order valence-corrected chi connectivity index (χ0v) is 18.5. The van der Waals surface area contributed by atoms with Crippen molar-refractivity contribution in [3.63, 3.8) is 0 Å². The molecule has 0 saturated heterocycles. The fourth-order valence-corrected chi connectivity index (χ4v) is 4.39. The summed E-state index contributed by atoms with van der Waals surface area (Å²) >= 11 is 2.42. The number of aromatic nitrogens is 4. The summed E-state index contributed by atoms with van der Waals surface area (Å²) in [6.45, 7) is 6.08. The summed E-state index contributed by atoms with van der Waals surface area (Å²) in [4.78, 5) is 16.7. The van der Waals surface area contributed by atoms with Crippen LogP contribution in [0.5, 0.6) is 0 Å². The third-order valence-electron chi connectivity index (χ3n) is 4.43. The minimum absolute atomic E-state index is 0.0831. The summed E-state index contributed by atoms with van der Waals surface area (Å²) in [6.07, 6.45) is 3.31. The van der Waals surface area contributed by atoms with Crippen molar-refractivity contribution in [2.75, 3.05) is 11.1 Å². The second-order valence-corrected chi connectivity index (χ2v) is 8.40. The Labute approximate surface area is 190 Å². The average Bonchev–Trinajstić information content (AvgIpc) is 3.49. The number of nitrogens with one attached hydrogen (secondary N) is 1. The Morgan fingerprint density at radius 1 is 1.31 bits per heavy atom. The minimum atomic E-state index is -0.953. The number of thioether (sulfide) groups is 1. The van der Waals surface area contributed by atoms with Gasteiger partial charge in [0.1, 0.15) is 5.76 Å². The molecule has 164 valence electrons. The van der Waals surface area contributed by atoms with E-state index in [1.54, 1.807) is 17.7 Å². The van der Waals surface area contributed by atoms with Gasteiger partial charge in [-0.15, -0.1) is 28.1 Å². The fraction of sp³-hybridized carbons (Fsp3) is 0.143. The molecular formula is C21H17F2N5O2S2. The second kappa shape index (κ2) is 9.45. The first-order chi connectivity index (χ1) is 15.5. The molecule has 7 nitrogen and oxygen atoms in total. The van der Waals surface area contributed by atoms with E-state index < -0.39 is 11.6 Å². The topological polar surface area (TPSA) is 85.8 Å². The van der Waals surface area contributed by atoms with Crippen molar-refractivity contribution in [3.8, 4) is 22.6 Å². The number of rotatable bonds is 8. The van der Waals surface area contributed by atoms with Crippen LogP contribution in [0.2, 0.25) is 0 Å². The highest BCUT2D eigenvalue weighted by Crippen LogP contribution is 2.28. The van der Waals surface area contributed by atoms with Crippen LogP contribution in [0, 0.1) is 18.6 Å². The van der Waals surface area contributed by atoms with Gasteiger partial charge in [0.2, 0.25) is 5.91 Å². The van der Waals surface area contributed by atoms with E-state index in [1.165, 1.54) is 29.2 Å². The number of aryl methyl sites for hydroxylation is 1. The van der Waals surface area contributed by atoms with Crippen molar-refractivity contribution in [1.29, 1.82) is 0 Å². The molecule has 0 fully saturated rings. The number of halogens is 2. The number of carbonyl (C=O) groups is 1. The molecule has 32 heavy (non-hydrogen) atoms. The third-order valence-corrected chi connectivity index (χ3v) is 6.15. The summed E-state index contributed by atoms with van der Waals surface area (Å²) in [5.74, 6) is -0.723. The summed E-state index contributed by atoms with van der Waals surface area (Å²) in [6, 6.07) is 5.35. The number of amides is 1. The van der Waals surface area contributed by atoms with E-state index in [1.807, 2.05) is 17.6 Å².